The van der Waals surface area contributed by atoms with Crippen molar-refractivity contribution in [2.24, 2.45) is 22.9 Å². The molecule has 0 rings (SSSR count). The molecule has 0 aliphatic carbocycles. The summed E-state index contributed by atoms with van der Waals surface area (Å²) < 4.78 is 217. The summed E-state index contributed by atoms with van der Waals surface area (Å²) in [6, 6.07) is 0. The van der Waals surface area contributed by atoms with Crippen molar-refractivity contribution in [3.8, 4) is 0 Å². The predicted molar refractivity (Wildman–Crippen MR) is 255 cm³/mol. The first-order valence-electron chi connectivity index (χ1n) is 15.8. The van der Waals surface area contributed by atoms with Crippen LogP contribution in [0.1, 0.15) is 25.7 Å². The van der Waals surface area contributed by atoms with Crippen LogP contribution < -0.4 is 22.9 Å². The third-order valence-corrected chi connectivity index (χ3v) is 6.98. The van der Waals surface area contributed by atoms with Crippen LogP contribution in [0, 0.1) is 0 Å². The highest BCUT2D eigenvalue weighted by Crippen LogP contribution is 2.03. The lowest BCUT2D eigenvalue weighted by Gasteiger charge is -1.94. The Labute approximate surface area is 412 Å². The van der Waals surface area contributed by atoms with Gasteiger partial charge in [-0.2, -0.15) is 0 Å². The van der Waals surface area contributed by atoms with Gasteiger partial charge in [0.2, 0.25) is 0 Å². The summed E-state index contributed by atoms with van der Waals surface area (Å²) in [7, 11) is -13.5. The fraction of sp³-hybridized carbons (Fsp3) is 1.00. The maximum Gasteiger partial charge on any atom is 0.496 e. The fourth-order valence-corrected chi connectivity index (χ4v) is 3.92. The fourth-order valence-electron chi connectivity index (χ4n) is 1.26. The van der Waals surface area contributed by atoms with Crippen LogP contribution in [0.3, 0.4) is 0 Å². The minimum atomic E-state index is -0.842. The Kier molecular flexibility index (Phi) is 171. The molecule has 396 valence electrons. The summed E-state index contributed by atoms with van der Waals surface area (Å²) in [4.78, 5) is 0. The predicted octanol–water partition coefficient (Wildman–Crippen LogP) is 6.21. The van der Waals surface area contributed by atoms with Crippen molar-refractivity contribution in [1.82, 2.24) is 0 Å². The largest absolute Gasteiger partial charge is 0.496 e. The molecule has 0 spiro atoms. The van der Waals surface area contributed by atoms with Crippen molar-refractivity contribution < 1.29 is 145 Å². The topological polar surface area (TPSA) is 525 Å². The molecule has 0 aromatic rings. The standard InChI is InChI=1S/C6H16N2.C2H8N2.8CH4O4P2/c7-5-3-1-2-4-6-8;3-1-2-4;8*2-6-4-1-5-7-3/h1-8H2;1-4H2;8*6-7H,1H2/q;;8*+2. The first kappa shape index (κ1) is 91.5. The Morgan fingerprint density at radius 3 is 0.338 bits per heavy atom. The van der Waals surface area contributed by atoms with Crippen molar-refractivity contribution >= 4 is 139 Å². The van der Waals surface area contributed by atoms with E-state index in [1.54, 1.807) is 0 Å². The zero-order chi connectivity index (χ0) is 53.9. The van der Waals surface area contributed by atoms with E-state index in [2.05, 4.69) is 72.4 Å². The minimum absolute atomic E-state index is 0.163. The molecule has 16 atom stereocenters. The molecule has 0 amide bonds. The highest BCUT2D eigenvalue weighted by atomic mass is 31.1. The van der Waals surface area contributed by atoms with Crippen molar-refractivity contribution in [2.45, 2.75) is 25.7 Å². The van der Waals surface area contributed by atoms with Crippen molar-refractivity contribution in [3.05, 3.63) is 0 Å². The molecule has 0 saturated heterocycles. The molecule has 0 radical (unpaired) electrons. The van der Waals surface area contributed by atoms with Gasteiger partial charge in [-0.1, -0.05) is 12.8 Å². The van der Waals surface area contributed by atoms with E-state index in [0.717, 1.165) is 25.9 Å². The van der Waals surface area contributed by atoms with Gasteiger partial charge in [0.15, 0.2) is 0 Å². The van der Waals surface area contributed by atoms with Gasteiger partial charge in [-0.3, -0.25) is 0 Å². The summed E-state index contributed by atoms with van der Waals surface area (Å²) in [5.41, 5.74) is 20.4. The maximum absolute atomic E-state index is 9.43. The van der Waals surface area contributed by atoms with Gasteiger partial charge in [0.05, 0.1) is 0 Å². The van der Waals surface area contributed by atoms with Gasteiger partial charge < -0.3 is 22.9 Å². The van der Waals surface area contributed by atoms with Crippen LogP contribution in [-0.4, -0.2) is 80.5 Å². The molecule has 0 bridgehead atoms. The van der Waals surface area contributed by atoms with E-state index < -0.39 is 139 Å². The summed E-state index contributed by atoms with van der Waals surface area (Å²) in [6.07, 6.45) is 4.79. The molecule has 0 aromatic heterocycles. The lowest BCUT2D eigenvalue weighted by Crippen LogP contribution is -2.11. The SMILES string of the molecule is NCCCCCCN.NCCN.O=[PH+]OCO[PH+]=O.O=[PH+]OCO[PH+]=O.O=[PH+]OCO[PH+]=O.O=[PH+]OCO[PH+]=O.O=[PH+]OCO[PH+]=O.O=[PH+]OCO[PH+]=O.O=[PH+]OCO[PH+]=O.O=[PH+]OCO[PH+]=O. The molecule has 0 heterocycles. The molecular formula is C16H56N4O32P16+16. The second kappa shape index (κ2) is 127. The van der Waals surface area contributed by atoms with Crippen LogP contribution in [0.4, 0.5) is 0 Å². The molecular weight excluding hydrogens is 1260 g/mol. The van der Waals surface area contributed by atoms with Crippen LogP contribution in [0.2, 0.25) is 0 Å². The van der Waals surface area contributed by atoms with E-state index in [4.69, 9.17) is 22.9 Å². The van der Waals surface area contributed by atoms with E-state index in [1.807, 2.05) is 0 Å². The molecule has 0 aliphatic heterocycles. The number of rotatable bonds is 38. The van der Waals surface area contributed by atoms with Crippen molar-refractivity contribution in [2.75, 3.05) is 80.5 Å². The first-order chi connectivity index (χ1) is 33.1. The quantitative estimate of drug-likeness (QED) is 0.0303. The molecule has 52 heteroatoms. The molecule has 68 heavy (non-hydrogen) atoms. The van der Waals surface area contributed by atoms with Gasteiger partial charge in [-0.25, -0.2) is 0 Å². The van der Waals surface area contributed by atoms with Crippen LogP contribution in [-0.2, 0) is 145 Å². The highest BCUT2D eigenvalue weighted by molar-refractivity contribution is 7.20. The van der Waals surface area contributed by atoms with E-state index in [9.17, 15) is 73.0 Å². The Hall–Kier alpha value is 0.800. The van der Waals surface area contributed by atoms with Gasteiger partial charge in [0, 0.05) is 13.1 Å². The van der Waals surface area contributed by atoms with Crippen LogP contribution in [0.25, 0.3) is 0 Å². The summed E-state index contributed by atoms with van der Waals surface area (Å²) in [5, 5.41) is 0. The van der Waals surface area contributed by atoms with E-state index in [-0.39, 0.29) is 54.3 Å². The Bertz CT molecular complexity index is 809. The molecule has 0 aromatic carbocycles. The Balaban J connectivity index is -0.0000000689. The Morgan fingerprint density at radius 1 is 0.176 bits per heavy atom. The lowest BCUT2D eigenvalue weighted by atomic mass is 10.2. The average Bonchev–Trinajstić information content (AvgIpc) is 3.36. The van der Waals surface area contributed by atoms with Crippen molar-refractivity contribution in [1.29, 1.82) is 0 Å². The zero-order valence-corrected chi connectivity index (χ0v) is 50.7. The summed E-state index contributed by atoms with van der Waals surface area (Å²) >= 11 is 0. The summed E-state index contributed by atoms with van der Waals surface area (Å²) in [6.45, 7) is 1.54. The van der Waals surface area contributed by atoms with Crippen LogP contribution in [0.5, 0.6) is 0 Å². The van der Waals surface area contributed by atoms with Gasteiger partial charge in [-0.15, -0.1) is 72.4 Å². The van der Waals surface area contributed by atoms with E-state index in [0.29, 0.717) is 13.1 Å². The zero-order valence-electron chi connectivity index (χ0n) is 34.7. The number of hydrogen-bond acceptors (Lipinski definition) is 36. The van der Waals surface area contributed by atoms with Gasteiger partial charge in [0.25, 0.3) is 54.3 Å². The monoisotopic (exact) mass is 1310 g/mol. The Morgan fingerprint density at radius 2 is 0.279 bits per heavy atom. The second-order valence-electron chi connectivity index (χ2n) is 7.15. The third-order valence-electron chi connectivity index (χ3n) is 3.21. The molecule has 16 unspecified atom stereocenters. The molecule has 0 aliphatic rings. The van der Waals surface area contributed by atoms with Gasteiger partial charge in [-0.05, 0) is 99.0 Å². The highest BCUT2D eigenvalue weighted by Gasteiger charge is 1.98. The van der Waals surface area contributed by atoms with Gasteiger partial charge >= 0.3 is 139 Å². The van der Waals surface area contributed by atoms with Crippen molar-refractivity contribution in [3.63, 3.8) is 0 Å². The van der Waals surface area contributed by atoms with Crippen LogP contribution in [0.15, 0.2) is 0 Å². The minimum Gasteiger partial charge on any atom is -0.330 e. The molecule has 36 nitrogen and oxygen atoms in total. The maximum atomic E-state index is 9.43. The van der Waals surface area contributed by atoms with Crippen LogP contribution >= 0.6 is 139 Å². The molecule has 0 fully saturated rings. The molecule has 8 N–H and O–H groups in total. The lowest BCUT2D eigenvalue weighted by molar-refractivity contribution is 0.147. The third kappa shape index (κ3) is 192. The summed E-state index contributed by atoms with van der Waals surface area (Å²) in [5.74, 6) is 0. The van der Waals surface area contributed by atoms with Gasteiger partial charge in [0.1, 0.15) is 0 Å². The number of hydrogen-bond donors (Lipinski definition) is 4. The average molecular weight is 1310 g/mol. The first-order valence-corrected chi connectivity index (χ1v) is 28.8. The van der Waals surface area contributed by atoms with E-state index >= 15 is 0 Å². The second-order valence-corrected chi connectivity index (χ2v) is 14.4. The number of nitrogens with two attached hydrogens (primary N) is 4. The smallest absolute Gasteiger partial charge is 0.330 e. The van der Waals surface area contributed by atoms with E-state index in [1.165, 1.54) is 12.8 Å². The normalized spacial score (nSPS) is 10.1. The molecule has 0 saturated carbocycles. The number of unbranched alkanes of at least 4 members (excludes halogenated alkanes) is 3.